The molecule has 0 saturated carbocycles. The Hall–Kier alpha value is -1.62. The van der Waals surface area contributed by atoms with Crippen molar-refractivity contribution < 1.29 is 5.32 Å². The Morgan fingerprint density at radius 2 is 1.95 bits per heavy atom. The van der Waals surface area contributed by atoms with Crippen molar-refractivity contribution in [1.82, 2.24) is 14.6 Å². The molecule has 0 atom stereocenters. The van der Waals surface area contributed by atoms with Crippen molar-refractivity contribution in [3.05, 3.63) is 64.0 Å². The quantitative estimate of drug-likeness (QED) is 0.733. The lowest BCUT2D eigenvalue weighted by Crippen LogP contribution is -2.83. The number of hydrogen-bond donors (Lipinski definition) is 1. The number of halogens is 2. The predicted molar refractivity (Wildman–Crippen MR) is 83.6 cm³/mol. The molecule has 0 amide bonds. The van der Waals surface area contributed by atoms with Crippen LogP contribution in [0.2, 0.25) is 10.0 Å². The van der Waals surface area contributed by atoms with Gasteiger partial charge in [-0.3, -0.25) is 4.40 Å². The van der Waals surface area contributed by atoms with Crippen LogP contribution in [0, 0.1) is 0 Å². The minimum absolute atomic E-state index is 0.603. The third-order valence-electron chi connectivity index (χ3n) is 3.35. The van der Waals surface area contributed by atoms with E-state index in [1.54, 1.807) is 6.07 Å². The molecule has 0 aliphatic rings. The van der Waals surface area contributed by atoms with E-state index in [1.807, 2.05) is 40.9 Å². The zero-order valence-electron chi connectivity index (χ0n) is 11.3. The van der Waals surface area contributed by atoms with Crippen molar-refractivity contribution in [2.24, 2.45) is 0 Å². The maximum atomic E-state index is 6.17. The molecule has 2 aromatic heterocycles. The Morgan fingerprint density at radius 3 is 2.86 bits per heavy atom. The van der Waals surface area contributed by atoms with Crippen LogP contribution in [0.15, 0.2) is 42.6 Å². The van der Waals surface area contributed by atoms with Gasteiger partial charge >= 0.3 is 0 Å². The number of nitrogens with zero attached hydrogens (tertiary/aromatic N) is 3. The number of rotatable bonds is 5. The molecular weight excluding hydrogens is 307 g/mol. The number of quaternary nitrogens is 1. The third-order valence-corrected chi connectivity index (χ3v) is 4.21. The van der Waals surface area contributed by atoms with Crippen molar-refractivity contribution in [2.45, 2.75) is 13.0 Å². The summed E-state index contributed by atoms with van der Waals surface area (Å²) in [5.41, 5.74) is 1.93. The van der Waals surface area contributed by atoms with Gasteiger partial charge in [0, 0.05) is 11.8 Å². The maximum Gasteiger partial charge on any atom is 0.160 e. The summed E-state index contributed by atoms with van der Waals surface area (Å²) in [5, 5.41) is 11.8. The zero-order chi connectivity index (χ0) is 14.7. The number of benzene rings is 1. The van der Waals surface area contributed by atoms with Gasteiger partial charge in [0.25, 0.3) is 0 Å². The minimum atomic E-state index is 0.603. The average Bonchev–Trinajstić information content (AvgIpc) is 2.91. The van der Waals surface area contributed by atoms with Gasteiger partial charge in [0.2, 0.25) is 0 Å². The predicted octanol–water partition coefficient (Wildman–Crippen LogP) is 2.34. The Bertz CT molecular complexity index is 754. The molecule has 0 saturated heterocycles. The van der Waals surface area contributed by atoms with E-state index in [4.69, 9.17) is 23.2 Å². The van der Waals surface area contributed by atoms with Gasteiger partial charge in [0.05, 0.1) is 23.0 Å². The molecule has 4 nitrogen and oxygen atoms in total. The molecule has 0 fully saturated rings. The highest BCUT2D eigenvalue weighted by Crippen LogP contribution is 2.24. The van der Waals surface area contributed by atoms with Gasteiger partial charge in [-0.15, -0.1) is 10.2 Å². The molecule has 0 bridgehead atoms. The fourth-order valence-electron chi connectivity index (χ4n) is 2.26. The summed E-state index contributed by atoms with van der Waals surface area (Å²) >= 11 is 12.2. The summed E-state index contributed by atoms with van der Waals surface area (Å²) in [6.45, 7) is 1.72. The summed E-state index contributed by atoms with van der Waals surface area (Å²) in [6.07, 6.45) is 2.84. The highest BCUT2D eigenvalue weighted by Gasteiger charge is 2.07. The van der Waals surface area contributed by atoms with Gasteiger partial charge in [-0.25, -0.2) is 0 Å². The molecule has 0 aliphatic carbocycles. The molecule has 2 heterocycles. The van der Waals surface area contributed by atoms with Crippen LogP contribution in [-0.4, -0.2) is 21.1 Å². The van der Waals surface area contributed by atoms with Crippen LogP contribution in [0.5, 0.6) is 0 Å². The lowest BCUT2D eigenvalue weighted by molar-refractivity contribution is -0.670. The molecule has 3 aromatic rings. The van der Waals surface area contributed by atoms with Crippen LogP contribution in [0.4, 0.5) is 0 Å². The van der Waals surface area contributed by atoms with E-state index < -0.39 is 0 Å². The van der Waals surface area contributed by atoms with E-state index in [1.165, 1.54) is 0 Å². The van der Waals surface area contributed by atoms with Crippen molar-refractivity contribution in [3.8, 4) is 0 Å². The van der Waals surface area contributed by atoms with E-state index in [0.29, 0.717) is 10.0 Å². The van der Waals surface area contributed by atoms with Crippen LogP contribution in [0.25, 0.3) is 5.65 Å². The standard InChI is InChI=1S/C15H14Cl2N4/c16-12-5-3-4-11(15(12)17)10-18-8-7-14-20-19-13-6-1-2-9-21(13)14/h1-6,9,18H,7-8,10H2/p+1. The molecule has 3 rings (SSSR count). The second-order valence-electron chi connectivity index (χ2n) is 4.79. The van der Waals surface area contributed by atoms with Crippen molar-refractivity contribution >= 4 is 28.8 Å². The highest BCUT2D eigenvalue weighted by atomic mass is 35.5. The average molecular weight is 322 g/mol. The van der Waals surface area contributed by atoms with Gasteiger partial charge in [0.1, 0.15) is 12.4 Å². The van der Waals surface area contributed by atoms with Gasteiger partial charge in [-0.1, -0.05) is 41.4 Å². The number of hydrogen-bond acceptors (Lipinski definition) is 2. The molecule has 0 spiro atoms. The molecular formula is C15H15Cl2N4+. The number of pyridine rings is 1. The maximum absolute atomic E-state index is 6.17. The summed E-state index contributed by atoms with van der Waals surface area (Å²) in [6, 6.07) is 11.6. The van der Waals surface area contributed by atoms with E-state index >= 15 is 0 Å². The number of aromatic nitrogens is 3. The lowest BCUT2D eigenvalue weighted by Gasteiger charge is -2.05. The first kappa shape index (κ1) is 14.3. The third kappa shape index (κ3) is 3.18. The van der Waals surface area contributed by atoms with Crippen LogP contribution in [0.3, 0.4) is 0 Å². The first-order valence-corrected chi connectivity index (χ1v) is 7.54. The molecule has 2 N–H and O–H groups in total. The Labute approximate surface area is 132 Å². The monoisotopic (exact) mass is 321 g/mol. The first-order valence-electron chi connectivity index (χ1n) is 6.79. The number of fused-ring (bicyclic) bond motifs is 1. The van der Waals surface area contributed by atoms with Gasteiger partial charge in [-0.05, 0) is 18.2 Å². The Balaban J connectivity index is 1.58. The van der Waals surface area contributed by atoms with E-state index in [2.05, 4.69) is 15.5 Å². The van der Waals surface area contributed by atoms with E-state index in [-0.39, 0.29) is 0 Å². The second kappa shape index (κ2) is 6.43. The topological polar surface area (TPSA) is 46.8 Å². The highest BCUT2D eigenvalue weighted by molar-refractivity contribution is 6.42. The normalized spacial score (nSPS) is 11.1. The van der Waals surface area contributed by atoms with E-state index in [9.17, 15) is 0 Å². The summed E-state index contributed by atoms with van der Waals surface area (Å²) < 4.78 is 2.01. The van der Waals surface area contributed by atoms with Crippen LogP contribution in [-0.2, 0) is 13.0 Å². The van der Waals surface area contributed by atoms with Gasteiger partial charge in [-0.2, -0.15) is 0 Å². The fraction of sp³-hybridized carbons (Fsp3) is 0.200. The Morgan fingerprint density at radius 1 is 1.05 bits per heavy atom. The van der Waals surface area contributed by atoms with Crippen molar-refractivity contribution in [3.63, 3.8) is 0 Å². The molecule has 0 radical (unpaired) electrons. The summed E-state index contributed by atoms with van der Waals surface area (Å²) in [5.74, 6) is 0.971. The van der Waals surface area contributed by atoms with Crippen LogP contribution < -0.4 is 5.32 Å². The molecule has 0 aliphatic heterocycles. The lowest BCUT2D eigenvalue weighted by atomic mass is 10.2. The summed E-state index contributed by atoms with van der Waals surface area (Å²) in [4.78, 5) is 0. The molecule has 6 heteroatoms. The van der Waals surface area contributed by atoms with Crippen molar-refractivity contribution in [2.75, 3.05) is 6.54 Å². The van der Waals surface area contributed by atoms with Gasteiger partial charge < -0.3 is 5.32 Å². The number of nitrogens with two attached hydrogens (primary N) is 1. The van der Waals surface area contributed by atoms with E-state index in [0.717, 1.165) is 36.5 Å². The minimum Gasteiger partial charge on any atom is -0.342 e. The Kier molecular flexibility index (Phi) is 4.39. The fourth-order valence-corrected chi connectivity index (χ4v) is 2.65. The van der Waals surface area contributed by atoms with Crippen LogP contribution in [0.1, 0.15) is 11.4 Å². The summed E-state index contributed by atoms with van der Waals surface area (Å²) in [7, 11) is 0. The van der Waals surface area contributed by atoms with Gasteiger partial charge in [0.15, 0.2) is 5.65 Å². The largest absolute Gasteiger partial charge is 0.342 e. The second-order valence-corrected chi connectivity index (χ2v) is 5.57. The molecule has 21 heavy (non-hydrogen) atoms. The SMILES string of the molecule is Clc1cccc(C[NH2+]CCc2nnc3ccccn23)c1Cl. The van der Waals surface area contributed by atoms with Crippen molar-refractivity contribution in [1.29, 1.82) is 0 Å². The van der Waals surface area contributed by atoms with Crippen LogP contribution >= 0.6 is 23.2 Å². The first-order chi connectivity index (χ1) is 10.3. The zero-order valence-corrected chi connectivity index (χ0v) is 12.8. The smallest absolute Gasteiger partial charge is 0.160 e. The molecule has 108 valence electrons. The molecule has 1 aromatic carbocycles. The molecule has 0 unspecified atom stereocenters.